The Balaban J connectivity index is 1.78. The van der Waals surface area contributed by atoms with Crippen LogP contribution in [0.15, 0.2) is 24.3 Å². The quantitative estimate of drug-likeness (QED) is 0.839. The summed E-state index contributed by atoms with van der Waals surface area (Å²) in [5, 5.41) is 8.77. The highest BCUT2D eigenvalue weighted by molar-refractivity contribution is 5.77. The lowest BCUT2D eigenvalue weighted by Crippen LogP contribution is -2.42. The molecule has 5 nitrogen and oxygen atoms in total. The summed E-state index contributed by atoms with van der Waals surface area (Å²) in [4.78, 5) is 24.7. The van der Waals surface area contributed by atoms with Gasteiger partial charge >= 0.3 is 5.97 Å². The van der Waals surface area contributed by atoms with E-state index in [4.69, 9.17) is 9.84 Å². The first kappa shape index (κ1) is 17.3. The van der Waals surface area contributed by atoms with Crippen LogP contribution in [0.3, 0.4) is 0 Å². The fourth-order valence-electron chi connectivity index (χ4n) is 2.91. The molecule has 126 valence electrons. The van der Waals surface area contributed by atoms with Gasteiger partial charge in [0.15, 0.2) is 6.61 Å². The first-order chi connectivity index (χ1) is 11.1. The number of amides is 1. The Morgan fingerprint density at radius 2 is 2.04 bits per heavy atom. The van der Waals surface area contributed by atoms with Crippen molar-refractivity contribution in [3.05, 3.63) is 29.8 Å². The molecule has 0 aromatic heterocycles. The molecule has 1 aliphatic rings. The van der Waals surface area contributed by atoms with Crippen LogP contribution in [0.2, 0.25) is 0 Å². The second-order valence-electron chi connectivity index (χ2n) is 6.07. The maximum absolute atomic E-state index is 12.3. The third kappa shape index (κ3) is 5.58. The van der Waals surface area contributed by atoms with E-state index in [1.54, 1.807) is 4.90 Å². The number of carbonyl (C=O) groups excluding carboxylic acids is 1. The predicted molar refractivity (Wildman–Crippen MR) is 87.5 cm³/mol. The van der Waals surface area contributed by atoms with E-state index < -0.39 is 5.97 Å². The molecule has 0 radical (unpaired) electrons. The minimum absolute atomic E-state index is 0.0235. The van der Waals surface area contributed by atoms with Crippen LogP contribution in [0.5, 0.6) is 5.75 Å². The van der Waals surface area contributed by atoms with E-state index in [0.717, 1.165) is 25.8 Å². The molecule has 5 heteroatoms. The molecule has 1 N–H and O–H groups in total. The Hall–Kier alpha value is -2.04. The summed E-state index contributed by atoms with van der Waals surface area (Å²) in [6.45, 7) is 3.51. The van der Waals surface area contributed by atoms with Crippen LogP contribution >= 0.6 is 0 Å². The first-order valence-corrected chi connectivity index (χ1v) is 8.29. The van der Waals surface area contributed by atoms with E-state index in [9.17, 15) is 9.59 Å². The number of aryl methyl sites for hydroxylation is 1. The molecule has 1 aromatic carbocycles. The number of rotatable bonds is 7. The van der Waals surface area contributed by atoms with Crippen LogP contribution in [0.1, 0.15) is 38.2 Å². The topological polar surface area (TPSA) is 66.8 Å². The molecule has 1 amide bonds. The van der Waals surface area contributed by atoms with Gasteiger partial charge in [0.2, 0.25) is 0 Å². The monoisotopic (exact) mass is 319 g/mol. The summed E-state index contributed by atoms with van der Waals surface area (Å²) in [6.07, 6.45) is 3.72. The number of carboxylic acids is 1. The molecule has 1 saturated heterocycles. The third-order valence-electron chi connectivity index (χ3n) is 4.33. The van der Waals surface area contributed by atoms with Crippen molar-refractivity contribution in [2.75, 3.05) is 19.7 Å². The number of aliphatic carboxylic acids is 1. The van der Waals surface area contributed by atoms with Gasteiger partial charge in [0.1, 0.15) is 5.75 Å². The van der Waals surface area contributed by atoms with Crippen molar-refractivity contribution in [2.45, 2.75) is 39.0 Å². The Kier molecular flexibility index (Phi) is 6.44. The van der Waals surface area contributed by atoms with E-state index in [-0.39, 0.29) is 24.9 Å². The molecule has 1 aliphatic heterocycles. The lowest BCUT2D eigenvalue weighted by atomic mass is 9.93. The molecule has 0 aliphatic carbocycles. The Morgan fingerprint density at radius 3 is 2.70 bits per heavy atom. The molecular formula is C18H25NO4. The second kappa shape index (κ2) is 8.56. The largest absolute Gasteiger partial charge is 0.484 e. The zero-order valence-corrected chi connectivity index (χ0v) is 13.7. The number of benzene rings is 1. The van der Waals surface area contributed by atoms with Crippen molar-refractivity contribution in [1.82, 2.24) is 4.90 Å². The highest BCUT2D eigenvalue weighted by Gasteiger charge is 2.24. The minimum atomic E-state index is -0.771. The van der Waals surface area contributed by atoms with Crippen molar-refractivity contribution < 1.29 is 19.4 Å². The molecular weight excluding hydrogens is 294 g/mol. The molecule has 0 saturated carbocycles. The van der Waals surface area contributed by atoms with Crippen LogP contribution in [0.25, 0.3) is 0 Å². The molecule has 1 heterocycles. The highest BCUT2D eigenvalue weighted by atomic mass is 16.5. The normalized spacial score (nSPS) is 17.8. The van der Waals surface area contributed by atoms with Crippen LogP contribution in [0, 0.1) is 5.92 Å². The van der Waals surface area contributed by atoms with E-state index in [0.29, 0.717) is 18.7 Å². The summed E-state index contributed by atoms with van der Waals surface area (Å²) < 4.78 is 5.57. The van der Waals surface area contributed by atoms with Gasteiger partial charge in [-0.05, 0) is 49.3 Å². The summed E-state index contributed by atoms with van der Waals surface area (Å²) in [5.41, 5.74) is 1.24. The standard InChI is InChI=1S/C18H25NO4/c1-2-14-5-8-16(9-6-14)23-13-17(20)19-11-3-4-15(12-19)7-10-18(21)22/h5-6,8-9,15H,2-4,7,10-13H2,1H3,(H,21,22)/t15-/m0/s1. The summed E-state index contributed by atoms with van der Waals surface area (Å²) in [7, 11) is 0. The summed E-state index contributed by atoms with van der Waals surface area (Å²) in [5.74, 6) is 0.194. The zero-order valence-electron chi connectivity index (χ0n) is 13.7. The van der Waals surface area contributed by atoms with Gasteiger partial charge in [0.05, 0.1) is 0 Å². The molecule has 1 atom stereocenters. The number of hydrogen-bond donors (Lipinski definition) is 1. The number of carboxylic acid groups (broad SMARTS) is 1. The summed E-state index contributed by atoms with van der Waals surface area (Å²) in [6, 6.07) is 7.78. The molecule has 1 aromatic rings. The van der Waals surface area contributed by atoms with Crippen molar-refractivity contribution in [3.63, 3.8) is 0 Å². The van der Waals surface area contributed by atoms with Crippen molar-refractivity contribution in [2.24, 2.45) is 5.92 Å². The van der Waals surface area contributed by atoms with E-state index in [2.05, 4.69) is 6.92 Å². The van der Waals surface area contributed by atoms with Crippen molar-refractivity contribution in [1.29, 1.82) is 0 Å². The van der Waals surface area contributed by atoms with Gasteiger partial charge in [-0.15, -0.1) is 0 Å². The smallest absolute Gasteiger partial charge is 0.303 e. The van der Waals surface area contributed by atoms with Gasteiger partial charge in [-0.2, -0.15) is 0 Å². The molecule has 2 rings (SSSR count). The Labute approximate surface area is 137 Å². The lowest BCUT2D eigenvalue weighted by molar-refractivity contribution is -0.137. The predicted octanol–water partition coefficient (Wildman–Crippen LogP) is 2.73. The maximum Gasteiger partial charge on any atom is 0.303 e. The average molecular weight is 319 g/mol. The van der Waals surface area contributed by atoms with Gasteiger partial charge in [-0.25, -0.2) is 0 Å². The fourth-order valence-corrected chi connectivity index (χ4v) is 2.91. The van der Waals surface area contributed by atoms with Crippen LogP contribution in [0.4, 0.5) is 0 Å². The van der Waals surface area contributed by atoms with Gasteiger partial charge in [0, 0.05) is 19.5 Å². The zero-order chi connectivity index (χ0) is 16.7. The number of carbonyl (C=O) groups is 2. The lowest BCUT2D eigenvalue weighted by Gasteiger charge is -2.32. The molecule has 0 unspecified atom stereocenters. The third-order valence-corrected chi connectivity index (χ3v) is 4.33. The van der Waals surface area contributed by atoms with Gasteiger partial charge in [-0.3, -0.25) is 9.59 Å². The molecule has 1 fully saturated rings. The number of ether oxygens (including phenoxy) is 1. The average Bonchev–Trinajstić information content (AvgIpc) is 2.58. The second-order valence-corrected chi connectivity index (χ2v) is 6.07. The Bertz CT molecular complexity index is 526. The number of nitrogens with zero attached hydrogens (tertiary/aromatic N) is 1. The maximum atomic E-state index is 12.3. The van der Waals surface area contributed by atoms with Gasteiger partial charge in [0.25, 0.3) is 5.91 Å². The molecule has 0 bridgehead atoms. The van der Waals surface area contributed by atoms with Gasteiger partial charge in [-0.1, -0.05) is 19.1 Å². The van der Waals surface area contributed by atoms with E-state index in [1.165, 1.54) is 5.56 Å². The van der Waals surface area contributed by atoms with Crippen molar-refractivity contribution >= 4 is 11.9 Å². The highest BCUT2D eigenvalue weighted by Crippen LogP contribution is 2.21. The van der Waals surface area contributed by atoms with Crippen LogP contribution < -0.4 is 4.74 Å². The fraction of sp³-hybridized carbons (Fsp3) is 0.556. The van der Waals surface area contributed by atoms with E-state index >= 15 is 0 Å². The van der Waals surface area contributed by atoms with Gasteiger partial charge < -0.3 is 14.7 Å². The van der Waals surface area contributed by atoms with Crippen molar-refractivity contribution in [3.8, 4) is 5.75 Å². The molecule has 0 spiro atoms. The minimum Gasteiger partial charge on any atom is -0.484 e. The summed E-state index contributed by atoms with van der Waals surface area (Å²) >= 11 is 0. The Morgan fingerprint density at radius 1 is 1.30 bits per heavy atom. The molecule has 23 heavy (non-hydrogen) atoms. The van der Waals surface area contributed by atoms with Crippen LogP contribution in [-0.2, 0) is 16.0 Å². The van der Waals surface area contributed by atoms with Crippen LogP contribution in [-0.4, -0.2) is 41.6 Å². The number of piperidine rings is 1. The SMILES string of the molecule is CCc1ccc(OCC(=O)N2CCC[C@@H](CCC(=O)O)C2)cc1. The number of likely N-dealkylation sites (tertiary alicyclic amines) is 1. The van der Waals surface area contributed by atoms with E-state index in [1.807, 2.05) is 24.3 Å². The number of hydrogen-bond acceptors (Lipinski definition) is 3. The first-order valence-electron chi connectivity index (χ1n) is 8.29.